The summed E-state index contributed by atoms with van der Waals surface area (Å²) in [5.41, 5.74) is 2.78. The van der Waals surface area contributed by atoms with Gasteiger partial charge in [0, 0.05) is 12.6 Å². The van der Waals surface area contributed by atoms with Crippen molar-refractivity contribution in [3.8, 4) is 11.7 Å². The first-order valence-corrected chi connectivity index (χ1v) is 15.2. The van der Waals surface area contributed by atoms with Crippen LogP contribution in [0.2, 0.25) is 0 Å². The van der Waals surface area contributed by atoms with Crippen LogP contribution < -0.4 is 11.1 Å². The highest BCUT2D eigenvalue weighted by molar-refractivity contribution is 5.86. The van der Waals surface area contributed by atoms with Crippen LogP contribution in [0.25, 0.3) is 22.9 Å². The van der Waals surface area contributed by atoms with Crippen LogP contribution in [0, 0.1) is 17.8 Å². The van der Waals surface area contributed by atoms with Gasteiger partial charge in [0.05, 0.1) is 5.41 Å². The van der Waals surface area contributed by atoms with Crippen LogP contribution in [-0.2, 0) is 12.0 Å². The number of anilines is 1. The zero-order valence-electron chi connectivity index (χ0n) is 23.5. The molecule has 1 atom stereocenters. The fraction of sp³-hybridized carbons (Fsp3) is 0.581. The van der Waals surface area contributed by atoms with Gasteiger partial charge >= 0.3 is 5.76 Å². The first-order valence-electron chi connectivity index (χ1n) is 15.2. The van der Waals surface area contributed by atoms with E-state index in [2.05, 4.69) is 64.3 Å². The predicted octanol–water partition coefficient (Wildman–Crippen LogP) is 6.07. The Morgan fingerprint density at radius 1 is 1.05 bits per heavy atom. The summed E-state index contributed by atoms with van der Waals surface area (Å²) in [6.07, 6.45) is 12.1. The van der Waals surface area contributed by atoms with Gasteiger partial charge in [0.25, 0.3) is 5.89 Å². The van der Waals surface area contributed by atoms with Crippen molar-refractivity contribution in [2.45, 2.75) is 96.1 Å². The summed E-state index contributed by atoms with van der Waals surface area (Å²) in [6.45, 7) is 5.53. The number of benzene rings is 1. The molecular weight excluding hydrogens is 502 g/mol. The van der Waals surface area contributed by atoms with Crippen molar-refractivity contribution in [1.82, 2.24) is 29.7 Å². The lowest BCUT2D eigenvalue weighted by Gasteiger charge is -2.42. The minimum atomic E-state index is -0.619. The maximum atomic E-state index is 11.8. The molecular formula is C31H39N7O2. The van der Waals surface area contributed by atoms with Crippen molar-refractivity contribution in [2.75, 3.05) is 5.32 Å². The fourth-order valence-corrected chi connectivity index (χ4v) is 7.07. The predicted molar refractivity (Wildman–Crippen MR) is 154 cm³/mol. The fourth-order valence-electron chi connectivity index (χ4n) is 7.07. The second-order valence-electron chi connectivity index (χ2n) is 12.6. The normalized spacial score (nSPS) is 23.4. The second-order valence-corrected chi connectivity index (χ2v) is 12.6. The van der Waals surface area contributed by atoms with Gasteiger partial charge in [-0.25, -0.2) is 24.8 Å². The van der Waals surface area contributed by atoms with E-state index in [1.807, 2.05) is 0 Å². The minimum absolute atomic E-state index is 0.0880. The maximum Gasteiger partial charge on any atom is 0.434 e. The molecule has 3 fully saturated rings. The average molecular weight is 542 g/mol. The molecule has 40 heavy (non-hydrogen) atoms. The van der Waals surface area contributed by atoms with Crippen LogP contribution in [0.5, 0.6) is 0 Å². The highest BCUT2D eigenvalue weighted by atomic mass is 16.4. The van der Waals surface area contributed by atoms with Crippen molar-refractivity contribution < 1.29 is 4.42 Å². The van der Waals surface area contributed by atoms with E-state index >= 15 is 0 Å². The number of aromatic amines is 1. The van der Waals surface area contributed by atoms with E-state index < -0.39 is 5.76 Å². The molecule has 9 nitrogen and oxygen atoms in total. The number of H-pyrrole nitrogens is 1. The first kappa shape index (κ1) is 25.5. The Balaban J connectivity index is 1.41. The van der Waals surface area contributed by atoms with E-state index in [4.69, 9.17) is 19.4 Å². The van der Waals surface area contributed by atoms with Gasteiger partial charge in [-0.3, -0.25) is 0 Å². The van der Waals surface area contributed by atoms with Crippen LogP contribution in [0.1, 0.15) is 89.4 Å². The summed E-state index contributed by atoms with van der Waals surface area (Å²) in [7, 11) is 0. The molecule has 0 spiro atoms. The van der Waals surface area contributed by atoms with Gasteiger partial charge in [0.1, 0.15) is 11.3 Å². The van der Waals surface area contributed by atoms with Gasteiger partial charge in [-0.05, 0) is 68.8 Å². The lowest BCUT2D eigenvalue weighted by molar-refractivity contribution is 0.242. The number of fused-ring (bicyclic) bond motifs is 1. The van der Waals surface area contributed by atoms with Crippen molar-refractivity contribution >= 4 is 17.0 Å². The lowest BCUT2D eigenvalue weighted by atomic mass is 9.63. The Labute approximate surface area is 234 Å². The largest absolute Gasteiger partial charge is 0.434 e. The summed E-state index contributed by atoms with van der Waals surface area (Å²) in [4.78, 5) is 26.9. The van der Waals surface area contributed by atoms with Crippen LogP contribution in [0.3, 0.4) is 0 Å². The molecule has 3 aliphatic rings. The van der Waals surface area contributed by atoms with Crippen molar-refractivity contribution in [1.29, 1.82) is 0 Å². The molecule has 3 aliphatic carbocycles. The number of rotatable bonds is 8. The lowest BCUT2D eigenvalue weighted by Crippen LogP contribution is -2.39. The Hall–Kier alpha value is -3.49. The molecule has 0 radical (unpaired) electrons. The molecule has 3 saturated carbocycles. The van der Waals surface area contributed by atoms with Crippen molar-refractivity contribution in [2.24, 2.45) is 17.8 Å². The van der Waals surface area contributed by atoms with Gasteiger partial charge in [0.15, 0.2) is 11.5 Å². The topological polar surface area (TPSA) is 115 Å². The van der Waals surface area contributed by atoms with Gasteiger partial charge < -0.3 is 14.3 Å². The summed E-state index contributed by atoms with van der Waals surface area (Å²) in [5.74, 6) is 3.61. The number of hydrogen-bond donors (Lipinski definition) is 2. The van der Waals surface area contributed by atoms with E-state index in [1.165, 1.54) is 56.9 Å². The van der Waals surface area contributed by atoms with E-state index in [1.54, 1.807) is 0 Å². The van der Waals surface area contributed by atoms with Crippen molar-refractivity contribution in [3.05, 3.63) is 52.3 Å². The van der Waals surface area contributed by atoms with Crippen LogP contribution in [0.15, 0.2) is 39.5 Å². The summed E-state index contributed by atoms with van der Waals surface area (Å²) < 4.78 is 7.75. The molecule has 3 aromatic heterocycles. The van der Waals surface area contributed by atoms with Crippen molar-refractivity contribution in [3.63, 3.8) is 0 Å². The van der Waals surface area contributed by atoms with Gasteiger partial charge in [-0.15, -0.1) is 5.10 Å². The maximum absolute atomic E-state index is 11.8. The molecule has 9 heteroatoms. The Morgan fingerprint density at radius 3 is 2.45 bits per heavy atom. The molecule has 0 unspecified atom stereocenters. The van der Waals surface area contributed by atoms with E-state index in [0.717, 1.165) is 42.5 Å². The quantitative estimate of drug-likeness (QED) is 0.278. The SMILES string of the molecule is CC1CCC(Cn2c(C3(c4ccccc4)CCC3)nc3nc(-c4n[nH]c(=O)o4)nc(N[C@H](C)C4CCC4)c32)CC1. The minimum Gasteiger partial charge on any atom is -0.384 e. The average Bonchev–Trinajstić information content (AvgIpc) is 3.48. The molecule has 2 N–H and O–H groups in total. The summed E-state index contributed by atoms with van der Waals surface area (Å²) >= 11 is 0. The molecule has 3 heterocycles. The number of nitrogens with zero attached hydrogens (tertiary/aromatic N) is 5. The highest BCUT2D eigenvalue weighted by Crippen LogP contribution is 2.50. The summed E-state index contributed by atoms with van der Waals surface area (Å²) in [6, 6.07) is 11.1. The van der Waals surface area contributed by atoms with Crippen LogP contribution in [0.4, 0.5) is 5.82 Å². The van der Waals surface area contributed by atoms with E-state index in [0.29, 0.717) is 17.5 Å². The Morgan fingerprint density at radius 2 is 1.82 bits per heavy atom. The molecule has 0 saturated heterocycles. The third-order valence-corrected chi connectivity index (χ3v) is 9.99. The molecule has 210 valence electrons. The Kier molecular flexibility index (Phi) is 6.47. The monoisotopic (exact) mass is 541 g/mol. The summed E-state index contributed by atoms with van der Waals surface area (Å²) in [5, 5.41) is 10.1. The molecule has 0 amide bonds. The van der Waals surface area contributed by atoms with Crippen LogP contribution >= 0.6 is 0 Å². The third kappa shape index (κ3) is 4.43. The standard InChI is InChI=1S/C31H39N7O2/c1-19-12-14-21(15-13-19)18-38-24-25(32-20(2)22-8-6-9-22)33-27(28-36-37-30(39)40-28)34-26(24)35-29(38)31(16-7-17-31)23-10-4-3-5-11-23/h3-5,10-11,19-22H,6-9,12-18H2,1-2H3,(H,37,39)(H,32,33,34)/t19?,20-,21?/m1/s1. The Bertz CT molecular complexity index is 1540. The van der Waals surface area contributed by atoms with Gasteiger partial charge in [-0.2, -0.15) is 0 Å². The zero-order chi connectivity index (χ0) is 27.3. The second kappa shape index (κ2) is 10.2. The molecule has 7 rings (SSSR count). The third-order valence-electron chi connectivity index (χ3n) is 9.99. The van der Waals surface area contributed by atoms with Crippen LogP contribution in [-0.4, -0.2) is 35.8 Å². The van der Waals surface area contributed by atoms with Gasteiger partial charge in [0.2, 0.25) is 5.82 Å². The molecule has 1 aromatic carbocycles. The zero-order valence-corrected chi connectivity index (χ0v) is 23.5. The molecule has 0 bridgehead atoms. The van der Waals surface area contributed by atoms with E-state index in [-0.39, 0.29) is 23.2 Å². The number of imidazole rings is 1. The highest BCUT2D eigenvalue weighted by Gasteiger charge is 2.45. The number of nitrogens with one attached hydrogen (secondary N) is 2. The smallest absolute Gasteiger partial charge is 0.384 e. The number of aromatic nitrogens is 6. The number of hydrogen-bond acceptors (Lipinski definition) is 7. The first-order chi connectivity index (χ1) is 19.5. The van der Waals surface area contributed by atoms with Gasteiger partial charge in [-0.1, -0.05) is 62.9 Å². The van der Waals surface area contributed by atoms with E-state index in [9.17, 15) is 4.79 Å². The molecule has 0 aliphatic heterocycles. The molecule has 4 aromatic rings.